The summed E-state index contributed by atoms with van der Waals surface area (Å²) in [7, 11) is 0. The number of hydrogen-bond donors (Lipinski definition) is 2. The van der Waals surface area contributed by atoms with E-state index in [2.05, 4.69) is 26.6 Å². The first-order valence-corrected chi connectivity index (χ1v) is 5.15. The highest BCUT2D eigenvalue weighted by atomic mass is 79.9. The third-order valence-corrected chi connectivity index (χ3v) is 2.74. The topological polar surface area (TPSA) is 58.2 Å². The molecule has 82 valence electrons. The van der Waals surface area contributed by atoms with Gasteiger partial charge in [-0.1, -0.05) is 0 Å². The van der Waals surface area contributed by atoms with Gasteiger partial charge in [0.1, 0.15) is 16.0 Å². The monoisotopic (exact) mass is 284 g/mol. The molecule has 0 aromatic heterocycles. The van der Waals surface area contributed by atoms with Crippen molar-refractivity contribution >= 4 is 33.4 Å². The molecule has 1 aromatic carbocycles. The molecular formula is C10H6BrFN2O2. The highest BCUT2D eigenvalue weighted by Gasteiger charge is 2.28. The average Bonchev–Trinajstić information content (AvgIpc) is 2.48. The van der Waals surface area contributed by atoms with Gasteiger partial charge in [-0.2, -0.15) is 0 Å². The molecule has 0 bridgehead atoms. The minimum absolute atomic E-state index is 0.122. The molecule has 1 aromatic rings. The molecule has 16 heavy (non-hydrogen) atoms. The van der Waals surface area contributed by atoms with E-state index in [1.54, 1.807) is 0 Å². The number of carbonyl (C=O) groups is 2. The van der Waals surface area contributed by atoms with E-state index in [1.807, 2.05) is 0 Å². The van der Waals surface area contributed by atoms with Crippen LogP contribution in [0.25, 0.3) is 0 Å². The van der Waals surface area contributed by atoms with Crippen LogP contribution in [-0.2, 0) is 9.59 Å². The molecule has 0 saturated heterocycles. The Hall–Kier alpha value is -1.69. The van der Waals surface area contributed by atoms with Crippen LogP contribution >= 0.6 is 15.9 Å². The summed E-state index contributed by atoms with van der Waals surface area (Å²) in [5, 5.41) is 4.84. The third-order valence-electron chi connectivity index (χ3n) is 1.99. The number of hydrogen-bond acceptors (Lipinski definition) is 3. The standard InChI is InChI=1S/C10H6BrFN2O2/c11-7-8(10(16)14-9(7)15)13-6-3-1-5(12)2-4-6/h1-4H,(H2,13,14,15,16). The number of anilines is 1. The van der Waals surface area contributed by atoms with E-state index < -0.39 is 11.8 Å². The van der Waals surface area contributed by atoms with Crippen LogP contribution in [0.15, 0.2) is 34.4 Å². The van der Waals surface area contributed by atoms with E-state index in [0.29, 0.717) is 5.69 Å². The molecule has 0 unspecified atom stereocenters. The molecule has 0 aliphatic carbocycles. The second-order valence-corrected chi connectivity index (χ2v) is 3.90. The number of nitrogens with one attached hydrogen (secondary N) is 2. The predicted molar refractivity (Wildman–Crippen MR) is 59.1 cm³/mol. The van der Waals surface area contributed by atoms with Crippen LogP contribution in [0.4, 0.5) is 10.1 Å². The Balaban J connectivity index is 2.25. The number of imide groups is 1. The van der Waals surface area contributed by atoms with E-state index in [0.717, 1.165) is 0 Å². The molecule has 1 aliphatic heterocycles. The van der Waals surface area contributed by atoms with Gasteiger partial charge in [0.25, 0.3) is 11.8 Å². The van der Waals surface area contributed by atoms with Crippen molar-refractivity contribution in [2.75, 3.05) is 5.32 Å². The summed E-state index contributed by atoms with van der Waals surface area (Å²) < 4.78 is 12.8. The summed E-state index contributed by atoms with van der Waals surface area (Å²) in [6, 6.07) is 5.45. The summed E-state index contributed by atoms with van der Waals surface area (Å²) in [6.45, 7) is 0. The van der Waals surface area contributed by atoms with E-state index in [1.165, 1.54) is 24.3 Å². The third kappa shape index (κ3) is 1.96. The molecule has 0 radical (unpaired) electrons. The van der Waals surface area contributed by atoms with Gasteiger partial charge in [-0.05, 0) is 40.2 Å². The molecule has 1 aliphatic rings. The van der Waals surface area contributed by atoms with Crippen LogP contribution in [0, 0.1) is 5.82 Å². The molecule has 2 amide bonds. The molecule has 0 fully saturated rings. The molecule has 1 heterocycles. The Morgan fingerprint density at radius 3 is 2.25 bits per heavy atom. The fourth-order valence-corrected chi connectivity index (χ4v) is 1.60. The zero-order chi connectivity index (χ0) is 11.7. The van der Waals surface area contributed by atoms with Crippen molar-refractivity contribution in [3.8, 4) is 0 Å². The fraction of sp³-hybridized carbons (Fsp3) is 0. The molecule has 4 nitrogen and oxygen atoms in total. The van der Waals surface area contributed by atoms with Gasteiger partial charge in [0.15, 0.2) is 0 Å². The Labute approximate surface area is 98.7 Å². The minimum atomic E-state index is -0.513. The SMILES string of the molecule is O=C1NC(=O)C(Nc2ccc(F)cc2)=C1Br. The van der Waals surface area contributed by atoms with Gasteiger partial charge in [0.05, 0.1) is 0 Å². The lowest BCUT2D eigenvalue weighted by Gasteiger charge is -2.05. The highest BCUT2D eigenvalue weighted by Crippen LogP contribution is 2.21. The summed E-state index contributed by atoms with van der Waals surface area (Å²) in [6.07, 6.45) is 0. The van der Waals surface area contributed by atoms with Gasteiger partial charge in [-0.15, -0.1) is 0 Å². The number of amides is 2. The Morgan fingerprint density at radius 1 is 1.12 bits per heavy atom. The largest absolute Gasteiger partial charge is 0.350 e. The molecular weight excluding hydrogens is 279 g/mol. The molecule has 0 saturated carbocycles. The van der Waals surface area contributed by atoms with Gasteiger partial charge in [0.2, 0.25) is 0 Å². The molecule has 2 rings (SSSR count). The van der Waals surface area contributed by atoms with Crippen molar-refractivity contribution in [2.24, 2.45) is 0 Å². The lowest BCUT2D eigenvalue weighted by molar-refractivity contribution is -0.123. The number of benzene rings is 1. The van der Waals surface area contributed by atoms with Crippen molar-refractivity contribution in [1.82, 2.24) is 5.32 Å². The zero-order valence-electron chi connectivity index (χ0n) is 7.88. The summed E-state index contributed by atoms with van der Waals surface area (Å²) in [5.41, 5.74) is 0.648. The summed E-state index contributed by atoms with van der Waals surface area (Å²) >= 11 is 2.99. The average molecular weight is 285 g/mol. The molecule has 2 N–H and O–H groups in total. The van der Waals surface area contributed by atoms with Gasteiger partial charge < -0.3 is 5.32 Å². The second kappa shape index (κ2) is 4.05. The first-order chi connectivity index (χ1) is 7.58. The van der Waals surface area contributed by atoms with E-state index in [4.69, 9.17) is 0 Å². The van der Waals surface area contributed by atoms with Crippen LogP contribution in [0.3, 0.4) is 0 Å². The van der Waals surface area contributed by atoms with E-state index in [-0.39, 0.29) is 16.0 Å². The fourth-order valence-electron chi connectivity index (χ4n) is 1.22. The maximum absolute atomic E-state index is 12.6. The summed E-state index contributed by atoms with van der Waals surface area (Å²) in [5.74, 6) is -1.37. The van der Waals surface area contributed by atoms with Gasteiger partial charge in [0, 0.05) is 5.69 Å². The van der Waals surface area contributed by atoms with Crippen molar-refractivity contribution < 1.29 is 14.0 Å². The minimum Gasteiger partial charge on any atom is -0.350 e. The quantitative estimate of drug-likeness (QED) is 0.810. The second-order valence-electron chi connectivity index (χ2n) is 3.10. The smallest absolute Gasteiger partial charge is 0.275 e. The lowest BCUT2D eigenvalue weighted by atomic mass is 10.3. The Kier molecular flexibility index (Phi) is 2.74. The molecule has 0 spiro atoms. The van der Waals surface area contributed by atoms with Gasteiger partial charge in [-0.25, -0.2) is 4.39 Å². The maximum Gasteiger partial charge on any atom is 0.275 e. The molecule has 0 atom stereocenters. The molecule has 6 heteroatoms. The van der Waals surface area contributed by atoms with Crippen molar-refractivity contribution in [1.29, 1.82) is 0 Å². The van der Waals surface area contributed by atoms with Crippen LogP contribution in [0.2, 0.25) is 0 Å². The van der Waals surface area contributed by atoms with Crippen LogP contribution in [-0.4, -0.2) is 11.8 Å². The highest BCUT2D eigenvalue weighted by molar-refractivity contribution is 9.12. The van der Waals surface area contributed by atoms with Crippen molar-refractivity contribution in [3.63, 3.8) is 0 Å². The number of carbonyl (C=O) groups excluding carboxylic acids is 2. The van der Waals surface area contributed by atoms with E-state index in [9.17, 15) is 14.0 Å². The first-order valence-electron chi connectivity index (χ1n) is 4.36. The van der Waals surface area contributed by atoms with Crippen LogP contribution in [0.5, 0.6) is 0 Å². The summed E-state index contributed by atoms with van der Waals surface area (Å²) in [4.78, 5) is 22.4. The Morgan fingerprint density at radius 2 is 1.75 bits per heavy atom. The number of halogens is 2. The van der Waals surface area contributed by atoms with Gasteiger partial charge >= 0.3 is 0 Å². The normalized spacial score (nSPS) is 15.4. The van der Waals surface area contributed by atoms with Crippen molar-refractivity contribution in [2.45, 2.75) is 0 Å². The lowest BCUT2D eigenvalue weighted by Crippen LogP contribution is -2.24. The Bertz CT molecular complexity index is 496. The predicted octanol–water partition coefficient (Wildman–Crippen LogP) is 1.50. The maximum atomic E-state index is 12.6. The first kappa shape index (κ1) is 10.8. The van der Waals surface area contributed by atoms with Crippen molar-refractivity contribution in [3.05, 3.63) is 40.3 Å². The van der Waals surface area contributed by atoms with Crippen LogP contribution < -0.4 is 10.6 Å². The number of rotatable bonds is 2. The van der Waals surface area contributed by atoms with Crippen LogP contribution in [0.1, 0.15) is 0 Å². The van der Waals surface area contributed by atoms with E-state index >= 15 is 0 Å². The zero-order valence-corrected chi connectivity index (χ0v) is 9.47. The van der Waals surface area contributed by atoms with Gasteiger partial charge in [-0.3, -0.25) is 14.9 Å².